The highest BCUT2D eigenvalue weighted by Crippen LogP contribution is 2.37. The normalized spacial score (nSPS) is 14.8. The number of hydrogen-bond donors (Lipinski definition) is 1. The van der Waals surface area contributed by atoms with Crippen LogP contribution in [0.4, 0.5) is 5.69 Å². The van der Waals surface area contributed by atoms with Gasteiger partial charge in [-0.15, -0.1) is 0 Å². The fraction of sp³-hybridized carbons (Fsp3) is 0.188. The van der Waals surface area contributed by atoms with E-state index in [4.69, 9.17) is 0 Å². The van der Waals surface area contributed by atoms with Gasteiger partial charge in [-0.1, -0.05) is 56.1 Å². The molecule has 102 valence electrons. The molecule has 1 aliphatic heterocycles. The molecule has 0 aromatic heterocycles. The molecule has 0 bridgehead atoms. The van der Waals surface area contributed by atoms with Crippen LogP contribution in [0.25, 0.3) is 0 Å². The molecule has 2 aromatic rings. The molecule has 0 fully saturated rings. The van der Waals surface area contributed by atoms with Crippen LogP contribution in [0.15, 0.2) is 40.9 Å². The third-order valence-corrected chi connectivity index (χ3v) is 5.18. The molecule has 1 aliphatic rings. The summed E-state index contributed by atoms with van der Waals surface area (Å²) in [6.45, 7) is 2.07. The predicted octanol–water partition coefficient (Wildman–Crippen LogP) is 4.74. The average molecular weight is 395 g/mol. The minimum absolute atomic E-state index is 0.0692. The van der Waals surface area contributed by atoms with Crippen LogP contribution in [-0.4, -0.2) is 5.91 Å². The number of amides is 1. The number of fused-ring (bicyclic) bond motifs is 1. The van der Waals surface area contributed by atoms with E-state index in [1.807, 2.05) is 6.07 Å². The maximum atomic E-state index is 11.4. The first-order chi connectivity index (χ1) is 9.54. The van der Waals surface area contributed by atoms with E-state index in [1.165, 1.54) is 11.1 Å². The molecule has 0 spiro atoms. The minimum atomic E-state index is 0.0692. The van der Waals surface area contributed by atoms with Crippen molar-refractivity contribution in [1.82, 2.24) is 0 Å². The van der Waals surface area contributed by atoms with E-state index in [0.29, 0.717) is 6.42 Å². The smallest absolute Gasteiger partial charge is 0.228 e. The van der Waals surface area contributed by atoms with Gasteiger partial charge in [0.1, 0.15) is 0 Å². The van der Waals surface area contributed by atoms with Gasteiger partial charge < -0.3 is 5.32 Å². The van der Waals surface area contributed by atoms with Gasteiger partial charge in [0.25, 0.3) is 0 Å². The van der Waals surface area contributed by atoms with Crippen molar-refractivity contribution in [2.24, 2.45) is 0 Å². The molecule has 2 nitrogen and oxygen atoms in total. The predicted molar refractivity (Wildman–Crippen MR) is 88.4 cm³/mol. The Labute approximate surface area is 134 Å². The Balaban J connectivity index is 1.97. The summed E-state index contributed by atoms with van der Waals surface area (Å²) in [6, 6.07) is 12.5. The fourth-order valence-electron chi connectivity index (χ4n) is 2.42. The lowest BCUT2D eigenvalue weighted by molar-refractivity contribution is -0.115. The van der Waals surface area contributed by atoms with Gasteiger partial charge in [-0.25, -0.2) is 0 Å². The van der Waals surface area contributed by atoms with Crippen LogP contribution in [0.3, 0.4) is 0 Å². The second-order valence-corrected chi connectivity index (χ2v) is 6.80. The van der Waals surface area contributed by atoms with E-state index in [2.05, 4.69) is 74.4 Å². The highest BCUT2D eigenvalue weighted by atomic mass is 79.9. The largest absolute Gasteiger partial charge is 0.326 e. The van der Waals surface area contributed by atoms with E-state index < -0.39 is 0 Å². The summed E-state index contributed by atoms with van der Waals surface area (Å²) < 4.78 is 1.09. The number of alkyl halides is 1. The zero-order valence-electron chi connectivity index (χ0n) is 10.9. The summed E-state index contributed by atoms with van der Waals surface area (Å²) in [5, 5.41) is 2.86. The molecule has 1 amide bonds. The number of carbonyl (C=O) groups is 1. The Morgan fingerprint density at radius 2 is 2.00 bits per heavy atom. The number of benzene rings is 2. The van der Waals surface area contributed by atoms with Crippen LogP contribution in [0, 0.1) is 6.92 Å². The van der Waals surface area contributed by atoms with Crippen LogP contribution in [0.5, 0.6) is 0 Å². The molecule has 0 radical (unpaired) electrons. The fourth-order valence-corrected chi connectivity index (χ4v) is 4.14. The molecule has 2 aromatic carbocycles. The van der Waals surface area contributed by atoms with Gasteiger partial charge in [0.2, 0.25) is 5.91 Å². The van der Waals surface area contributed by atoms with Gasteiger partial charge in [-0.05, 0) is 41.3 Å². The zero-order chi connectivity index (χ0) is 14.3. The summed E-state index contributed by atoms with van der Waals surface area (Å²) in [4.78, 5) is 11.5. The molecule has 0 saturated carbocycles. The molecule has 1 unspecified atom stereocenters. The van der Waals surface area contributed by atoms with E-state index in [1.54, 1.807) is 0 Å². The molecular weight excluding hydrogens is 382 g/mol. The van der Waals surface area contributed by atoms with E-state index in [0.717, 1.165) is 21.3 Å². The van der Waals surface area contributed by atoms with Crippen LogP contribution in [0.1, 0.15) is 27.1 Å². The van der Waals surface area contributed by atoms with Gasteiger partial charge >= 0.3 is 0 Å². The van der Waals surface area contributed by atoms with Crippen molar-refractivity contribution in [3.05, 3.63) is 63.1 Å². The summed E-state index contributed by atoms with van der Waals surface area (Å²) >= 11 is 7.38. The Morgan fingerprint density at radius 1 is 1.20 bits per heavy atom. The first-order valence-electron chi connectivity index (χ1n) is 6.37. The average Bonchev–Trinajstić information content (AvgIpc) is 2.77. The topological polar surface area (TPSA) is 29.1 Å². The van der Waals surface area contributed by atoms with Crippen molar-refractivity contribution >= 4 is 43.5 Å². The van der Waals surface area contributed by atoms with Gasteiger partial charge in [0.05, 0.1) is 11.2 Å². The highest BCUT2D eigenvalue weighted by molar-refractivity contribution is 9.11. The van der Waals surface area contributed by atoms with Gasteiger partial charge in [-0.2, -0.15) is 0 Å². The molecule has 0 saturated heterocycles. The molecule has 4 heteroatoms. The SMILES string of the molecule is Cc1ccc(C(Br)c2ccc3c(c2)CC(=O)N3)c(Br)c1. The summed E-state index contributed by atoms with van der Waals surface area (Å²) in [5.74, 6) is 0.0692. The quantitative estimate of drug-likeness (QED) is 0.732. The first-order valence-corrected chi connectivity index (χ1v) is 8.08. The number of halogens is 2. The monoisotopic (exact) mass is 393 g/mol. The van der Waals surface area contributed by atoms with Crippen molar-refractivity contribution in [3.63, 3.8) is 0 Å². The molecule has 0 aliphatic carbocycles. The lowest BCUT2D eigenvalue weighted by Gasteiger charge is -2.14. The van der Waals surface area contributed by atoms with Crippen molar-refractivity contribution in [2.75, 3.05) is 5.32 Å². The third-order valence-electron chi connectivity index (χ3n) is 3.48. The summed E-state index contributed by atoms with van der Waals surface area (Å²) in [7, 11) is 0. The second kappa shape index (κ2) is 5.34. The lowest BCUT2D eigenvalue weighted by atomic mass is 10.0. The van der Waals surface area contributed by atoms with Crippen molar-refractivity contribution in [2.45, 2.75) is 18.2 Å². The Morgan fingerprint density at radius 3 is 2.75 bits per heavy atom. The Hall–Kier alpha value is -1.13. The Kier molecular flexibility index (Phi) is 3.69. The molecule has 1 atom stereocenters. The third kappa shape index (κ3) is 2.54. The standard InChI is InChI=1S/C16H13Br2NO/c1-9-2-4-12(13(17)6-9)16(18)10-3-5-14-11(7-10)8-15(20)19-14/h2-7,16H,8H2,1H3,(H,19,20). The molecule has 20 heavy (non-hydrogen) atoms. The number of hydrogen-bond acceptors (Lipinski definition) is 1. The number of rotatable bonds is 2. The van der Waals surface area contributed by atoms with Crippen LogP contribution in [-0.2, 0) is 11.2 Å². The van der Waals surface area contributed by atoms with Crippen molar-refractivity contribution in [3.8, 4) is 0 Å². The number of nitrogens with one attached hydrogen (secondary N) is 1. The lowest BCUT2D eigenvalue weighted by Crippen LogP contribution is -2.03. The van der Waals surface area contributed by atoms with E-state index in [-0.39, 0.29) is 10.7 Å². The van der Waals surface area contributed by atoms with Crippen LogP contribution in [0.2, 0.25) is 0 Å². The molecular formula is C16H13Br2NO. The van der Waals surface area contributed by atoms with Crippen LogP contribution >= 0.6 is 31.9 Å². The maximum Gasteiger partial charge on any atom is 0.228 e. The van der Waals surface area contributed by atoms with Gasteiger partial charge in [0, 0.05) is 10.2 Å². The van der Waals surface area contributed by atoms with Crippen LogP contribution < -0.4 is 5.32 Å². The van der Waals surface area contributed by atoms with Crippen molar-refractivity contribution < 1.29 is 4.79 Å². The summed E-state index contributed by atoms with van der Waals surface area (Å²) in [6.07, 6.45) is 0.470. The number of anilines is 1. The van der Waals surface area contributed by atoms with Gasteiger partial charge in [0.15, 0.2) is 0 Å². The van der Waals surface area contributed by atoms with E-state index in [9.17, 15) is 4.79 Å². The minimum Gasteiger partial charge on any atom is -0.326 e. The maximum absolute atomic E-state index is 11.4. The molecule has 3 rings (SSSR count). The molecule has 1 N–H and O–H groups in total. The van der Waals surface area contributed by atoms with Crippen molar-refractivity contribution in [1.29, 1.82) is 0 Å². The summed E-state index contributed by atoms with van der Waals surface area (Å²) in [5.41, 5.74) is 5.57. The zero-order valence-corrected chi connectivity index (χ0v) is 14.1. The Bertz CT molecular complexity index is 697. The molecule has 1 heterocycles. The first kappa shape index (κ1) is 13.8. The van der Waals surface area contributed by atoms with Gasteiger partial charge in [-0.3, -0.25) is 4.79 Å². The van der Waals surface area contributed by atoms with E-state index >= 15 is 0 Å². The number of aryl methyl sites for hydroxylation is 1. The highest BCUT2D eigenvalue weighted by Gasteiger charge is 2.20. The second-order valence-electron chi connectivity index (χ2n) is 5.03. The number of carbonyl (C=O) groups excluding carboxylic acids is 1.